The Bertz CT molecular complexity index is 1580. The first kappa shape index (κ1) is 34.6. The van der Waals surface area contributed by atoms with Gasteiger partial charge in [0.25, 0.3) is 0 Å². The quantitative estimate of drug-likeness (QED) is 0.217. The number of hydrogen-bond acceptors (Lipinski definition) is 5. The minimum Gasteiger partial charge on any atom is -0.462 e. The van der Waals surface area contributed by atoms with Crippen molar-refractivity contribution in [1.29, 1.82) is 0 Å². The molecule has 6 nitrogen and oxygen atoms in total. The number of carbonyl (C=O) groups excluding carboxylic acids is 2. The summed E-state index contributed by atoms with van der Waals surface area (Å²) >= 11 is 0. The third kappa shape index (κ3) is 5.53. The molecule has 0 radical (unpaired) electrons. The zero-order valence-corrected chi connectivity index (χ0v) is 31.2. The molecular formula is C43H60N2O4. The van der Waals surface area contributed by atoms with Crippen molar-refractivity contribution >= 4 is 11.9 Å². The fraction of sp³-hybridized carbons (Fsp3) is 0.698. The highest BCUT2D eigenvalue weighted by atomic mass is 16.5. The van der Waals surface area contributed by atoms with Gasteiger partial charge in [0.05, 0.1) is 18.2 Å². The lowest BCUT2D eigenvalue weighted by molar-refractivity contribution is -0.214. The number of hydrogen-bond donors (Lipinski definition) is 0. The van der Waals surface area contributed by atoms with Crippen LogP contribution in [0.15, 0.2) is 60.7 Å². The lowest BCUT2D eigenvalue weighted by Gasteiger charge is -2.71. The molecule has 7 rings (SSSR count). The molecule has 4 saturated carbocycles. The monoisotopic (exact) mass is 668 g/mol. The summed E-state index contributed by atoms with van der Waals surface area (Å²) in [5.74, 6) is 1.20. The summed E-state index contributed by atoms with van der Waals surface area (Å²) in [6.45, 7) is 18.3. The molecule has 0 bridgehead atoms. The Morgan fingerprint density at radius 2 is 1.65 bits per heavy atom. The van der Waals surface area contributed by atoms with Gasteiger partial charge in [-0.15, -0.1) is 0 Å². The van der Waals surface area contributed by atoms with E-state index in [2.05, 4.69) is 59.5 Å². The maximum Gasteiger partial charge on any atom is 0.313 e. The maximum absolute atomic E-state index is 14.3. The van der Waals surface area contributed by atoms with Crippen LogP contribution in [0.2, 0.25) is 0 Å². The van der Waals surface area contributed by atoms with Crippen LogP contribution in [-0.2, 0) is 32.2 Å². The summed E-state index contributed by atoms with van der Waals surface area (Å²) in [4.78, 5) is 31.5. The van der Waals surface area contributed by atoms with E-state index in [1.807, 2.05) is 41.1 Å². The van der Waals surface area contributed by atoms with Crippen LogP contribution in [0.1, 0.15) is 125 Å². The second-order valence-electron chi connectivity index (χ2n) is 18.8. The second kappa shape index (κ2) is 12.1. The lowest BCUT2D eigenvalue weighted by atomic mass is 9.33. The van der Waals surface area contributed by atoms with E-state index in [-0.39, 0.29) is 51.0 Å². The third-order valence-electron chi connectivity index (χ3n) is 15.6. The topological polar surface area (TPSA) is 70.4 Å². The molecule has 1 aromatic carbocycles. The first-order chi connectivity index (χ1) is 23.1. The Hall–Kier alpha value is -2.89. The average Bonchev–Trinajstić information content (AvgIpc) is 3.58. The molecule has 0 spiro atoms. The highest BCUT2D eigenvalue weighted by Gasteiger charge is 2.69. The van der Waals surface area contributed by atoms with Crippen molar-refractivity contribution in [3.8, 4) is 0 Å². The molecule has 4 fully saturated rings. The molecule has 0 aliphatic heterocycles. The van der Waals surface area contributed by atoms with Crippen molar-refractivity contribution in [2.45, 2.75) is 138 Å². The number of aromatic nitrogens is 2. The maximum atomic E-state index is 14.3. The van der Waals surface area contributed by atoms with Crippen molar-refractivity contribution in [2.75, 3.05) is 0 Å². The zero-order chi connectivity index (χ0) is 34.9. The molecule has 0 saturated heterocycles. The molecule has 0 amide bonds. The van der Waals surface area contributed by atoms with Gasteiger partial charge in [-0.25, -0.2) is 4.98 Å². The summed E-state index contributed by atoms with van der Waals surface area (Å²) < 4.78 is 14.5. The van der Waals surface area contributed by atoms with Crippen LogP contribution >= 0.6 is 0 Å². The normalized spacial score (nSPS) is 38.9. The van der Waals surface area contributed by atoms with Crippen molar-refractivity contribution in [3.05, 3.63) is 66.3 Å². The molecular weight excluding hydrogens is 608 g/mol. The first-order valence-corrected chi connectivity index (χ1v) is 19.2. The minimum absolute atomic E-state index is 0.0300. The van der Waals surface area contributed by atoms with Gasteiger partial charge >= 0.3 is 11.9 Å². The predicted octanol–water partition coefficient (Wildman–Crippen LogP) is 9.73. The van der Waals surface area contributed by atoms with Gasteiger partial charge in [0, 0.05) is 24.4 Å². The average molecular weight is 669 g/mol. The van der Waals surface area contributed by atoms with E-state index in [0.29, 0.717) is 31.4 Å². The van der Waals surface area contributed by atoms with Gasteiger partial charge in [-0.2, -0.15) is 0 Å². The number of imidazole rings is 1. The number of ether oxygens (including phenoxy) is 2. The van der Waals surface area contributed by atoms with Crippen molar-refractivity contribution in [1.82, 2.24) is 9.55 Å². The Labute approximate surface area is 294 Å². The van der Waals surface area contributed by atoms with E-state index in [1.165, 1.54) is 6.42 Å². The zero-order valence-electron chi connectivity index (χ0n) is 31.2. The van der Waals surface area contributed by atoms with Gasteiger partial charge in [-0.3, -0.25) is 9.59 Å². The van der Waals surface area contributed by atoms with Crippen LogP contribution < -0.4 is 0 Å². The number of carbonyl (C=O) groups is 2. The summed E-state index contributed by atoms with van der Waals surface area (Å²) in [5, 5.41) is 0. The molecule has 6 heteroatoms. The number of allylic oxidation sites excluding steroid dienone is 2. The number of rotatable bonds is 7. The van der Waals surface area contributed by atoms with Crippen LogP contribution in [0.5, 0.6) is 0 Å². The number of esters is 2. The van der Waals surface area contributed by atoms with Crippen LogP contribution in [0.3, 0.4) is 0 Å². The number of fused-ring (bicyclic) bond motifs is 7. The highest BCUT2D eigenvalue weighted by Crippen LogP contribution is 2.76. The standard InChI is InChI=1S/C43H60N2O4/c1-38(2)20-22-43(37(47)48-28-30-11-9-8-10-12-30)23-21-41(6)31(32(43)27-38)13-14-34-40(5)18-16-35(39(3,4)33(40)15-19-42(34,41)7)49-36(46)17-25-45-26-24-44-29-45/h8-13,24,26,29,32-35H,14-23,25,27-28H2,1-7H3/t32-,33-,34+,35-,40-,41+,42+,43-/m0/s1. The number of aryl methyl sites for hydroxylation is 1. The van der Waals surface area contributed by atoms with Crippen LogP contribution in [0.25, 0.3) is 0 Å². The number of nitrogens with zero attached hydrogens (tertiary/aromatic N) is 2. The van der Waals surface area contributed by atoms with E-state index in [4.69, 9.17) is 9.47 Å². The van der Waals surface area contributed by atoms with E-state index >= 15 is 0 Å². The predicted molar refractivity (Wildman–Crippen MR) is 192 cm³/mol. The Morgan fingerprint density at radius 1 is 0.898 bits per heavy atom. The first-order valence-electron chi connectivity index (χ1n) is 19.2. The second-order valence-corrected chi connectivity index (χ2v) is 18.8. The van der Waals surface area contributed by atoms with Crippen molar-refractivity contribution in [2.24, 2.45) is 50.2 Å². The molecule has 0 N–H and O–H groups in total. The summed E-state index contributed by atoms with van der Waals surface area (Å²) in [5.41, 5.74) is 2.66. The molecule has 1 aromatic heterocycles. The fourth-order valence-corrected chi connectivity index (χ4v) is 12.5. The molecule has 49 heavy (non-hydrogen) atoms. The van der Waals surface area contributed by atoms with E-state index in [1.54, 1.807) is 18.1 Å². The lowest BCUT2D eigenvalue weighted by Crippen LogP contribution is -2.65. The smallest absolute Gasteiger partial charge is 0.313 e. The molecule has 1 heterocycles. The van der Waals surface area contributed by atoms with Crippen LogP contribution in [0, 0.1) is 50.2 Å². The summed E-state index contributed by atoms with van der Waals surface area (Å²) in [6.07, 6.45) is 18.8. The van der Waals surface area contributed by atoms with Gasteiger partial charge in [0.2, 0.25) is 0 Å². The Balaban J connectivity index is 1.14. The SMILES string of the molecule is CC1(C)CC[C@]2(C(=O)OCc3ccccc3)CC[C@]3(C)C(=CC[C@@H]4[C@@]5(C)CC[C@H](OC(=O)CCn6ccnc6)C(C)(C)[C@@H]5CC[C@]43C)[C@@H]2C1. The molecule has 5 aliphatic rings. The number of benzene rings is 1. The summed E-state index contributed by atoms with van der Waals surface area (Å²) in [7, 11) is 0. The molecule has 2 aromatic rings. The molecule has 0 unspecified atom stereocenters. The van der Waals surface area contributed by atoms with Crippen LogP contribution in [-0.4, -0.2) is 27.6 Å². The fourth-order valence-electron chi connectivity index (χ4n) is 12.5. The molecule has 8 atom stereocenters. The van der Waals surface area contributed by atoms with Gasteiger partial charge in [0.15, 0.2) is 0 Å². The Morgan fingerprint density at radius 3 is 2.39 bits per heavy atom. The van der Waals surface area contributed by atoms with E-state index in [0.717, 1.165) is 63.4 Å². The molecule has 266 valence electrons. The van der Waals surface area contributed by atoms with Crippen molar-refractivity contribution in [3.63, 3.8) is 0 Å². The van der Waals surface area contributed by atoms with E-state index in [9.17, 15) is 9.59 Å². The van der Waals surface area contributed by atoms with Gasteiger partial charge < -0.3 is 14.0 Å². The Kier molecular flexibility index (Phi) is 8.54. The summed E-state index contributed by atoms with van der Waals surface area (Å²) in [6, 6.07) is 10.1. The van der Waals surface area contributed by atoms with Gasteiger partial charge in [-0.05, 0) is 109 Å². The van der Waals surface area contributed by atoms with Gasteiger partial charge in [0.1, 0.15) is 12.7 Å². The van der Waals surface area contributed by atoms with Gasteiger partial charge in [-0.1, -0.05) is 90.4 Å². The van der Waals surface area contributed by atoms with Crippen molar-refractivity contribution < 1.29 is 19.1 Å². The highest BCUT2D eigenvalue weighted by molar-refractivity contribution is 5.79. The minimum atomic E-state index is -0.429. The molecule has 5 aliphatic carbocycles. The largest absolute Gasteiger partial charge is 0.462 e. The third-order valence-corrected chi connectivity index (χ3v) is 15.6. The van der Waals surface area contributed by atoms with E-state index < -0.39 is 5.41 Å². The van der Waals surface area contributed by atoms with Crippen LogP contribution in [0.4, 0.5) is 0 Å².